The van der Waals surface area contributed by atoms with Crippen LogP contribution in [-0.2, 0) is 57.1 Å². The van der Waals surface area contributed by atoms with Crippen LogP contribution in [0.5, 0.6) is 0 Å². The highest BCUT2D eigenvalue weighted by molar-refractivity contribution is 5.80. The molecular formula is C42H69NO15. The maximum Gasteiger partial charge on any atom is 0.312 e. The molecule has 0 radical (unpaired) electrons. The molecule has 0 aromatic rings. The van der Waals surface area contributed by atoms with Crippen LogP contribution >= 0.6 is 0 Å². The summed E-state index contributed by atoms with van der Waals surface area (Å²) in [6.07, 6.45) is -3.10. The number of carbonyl (C=O) groups excluding carboxylic acids is 4. The lowest BCUT2D eigenvalue weighted by atomic mass is 9.80. The molecule has 3 aliphatic heterocycles. The number of allylic oxidation sites excluding steroid dienone is 2. The molecule has 332 valence electrons. The summed E-state index contributed by atoms with van der Waals surface area (Å²) in [5, 5.41) is 34.6. The van der Waals surface area contributed by atoms with Gasteiger partial charge in [0.1, 0.15) is 30.2 Å². The molecular weight excluding hydrogens is 758 g/mol. The summed E-state index contributed by atoms with van der Waals surface area (Å²) >= 11 is 0. The maximum absolute atomic E-state index is 13.4. The number of aliphatic hydroxyl groups is 3. The van der Waals surface area contributed by atoms with E-state index in [-0.39, 0.29) is 31.6 Å². The predicted molar refractivity (Wildman–Crippen MR) is 210 cm³/mol. The van der Waals surface area contributed by atoms with Gasteiger partial charge in [0.25, 0.3) is 0 Å². The molecule has 0 saturated carbocycles. The summed E-state index contributed by atoms with van der Waals surface area (Å²) in [7, 11) is 6.02. The van der Waals surface area contributed by atoms with Gasteiger partial charge in [0.05, 0.1) is 56.0 Å². The van der Waals surface area contributed by atoms with Crippen molar-refractivity contribution in [3.8, 4) is 0 Å². The average molecular weight is 828 g/mol. The van der Waals surface area contributed by atoms with Gasteiger partial charge in [0.2, 0.25) is 0 Å². The summed E-state index contributed by atoms with van der Waals surface area (Å²) < 4.78 is 48.0. The first-order valence-corrected chi connectivity index (χ1v) is 20.4. The maximum atomic E-state index is 13.4. The van der Waals surface area contributed by atoms with Crippen molar-refractivity contribution in [2.24, 2.45) is 23.7 Å². The van der Waals surface area contributed by atoms with Crippen molar-refractivity contribution < 1.29 is 72.4 Å². The first-order chi connectivity index (χ1) is 27.2. The highest BCUT2D eigenvalue weighted by Crippen LogP contribution is 2.38. The molecule has 58 heavy (non-hydrogen) atoms. The smallest absolute Gasteiger partial charge is 0.312 e. The van der Waals surface area contributed by atoms with E-state index in [9.17, 15) is 34.5 Å². The van der Waals surface area contributed by atoms with Crippen LogP contribution in [0, 0.1) is 23.7 Å². The quantitative estimate of drug-likeness (QED) is 0.147. The lowest BCUT2D eigenvalue weighted by Crippen LogP contribution is -2.66. The van der Waals surface area contributed by atoms with Crippen molar-refractivity contribution in [1.29, 1.82) is 0 Å². The molecule has 2 unspecified atom stereocenters. The Labute approximate surface area is 343 Å². The summed E-state index contributed by atoms with van der Waals surface area (Å²) in [4.78, 5) is 53.3. The van der Waals surface area contributed by atoms with Crippen LogP contribution < -0.4 is 0 Å². The largest absolute Gasteiger partial charge is 0.469 e. The van der Waals surface area contributed by atoms with Crippen molar-refractivity contribution in [3.05, 3.63) is 24.3 Å². The number of nitrogens with zero attached hydrogens (tertiary/aromatic N) is 1. The van der Waals surface area contributed by atoms with E-state index < -0.39 is 121 Å². The number of aldehydes is 1. The second-order valence-corrected chi connectivity index (χ2v) is 16.9. The average Bonchev–Trinajstić information content (AvgIpc) is 3.12. The molecule has 3 N–H and O–H groups in total. The van der Waals surface area contributed by atoms with E-state index in [1.807, 2.05) is 20.8 Å². The van der Waals surface area contributed by atoms with Crippen molar-refractivity contribution in [3.63, 3.8) is 0 Å². The fourth-order valence-corrected chi connectivity index (χ4v) is 8.17. The Morgan fingerprint density at radius 3 is 2.29 bits per heavy atom. The zero-order chi connectivity index (χ0) is 43.5. The van der Waals surface area contributed by atoms with Gasteiger partial charge in [-0.25, -0.2) is 0 Å². The monoisotopic (exact) mass is 827 g/mol. The molecule has 16 heteroatoms. The highest BCUT2D eigenvalue weighted by Gasteiger charge is 2.53. The minimum absolute atomic E-state index is 0.0486. The number of ether oxygens (including phenoxy) is 8. The Morgan fingerprint density at radius 1 is 1.02 bits per heavy atom. The Morgan fingerprint density at radius 2 is 1.71 bits per heavy atom. The Kier molecular flexibility index (Phi) is 19.4. The molecule has 16 nitrogen and oxygen atoms in total. The van der Waals surface area contributed by atoms with Crippen molar-refractivity contribution in [2.45, 2.75) is 166 Å². The van der Waals surface area contributed by atoms with Gasteiger partial charge < -0.3 is 62.9 Å². The molecule has 0 aliphatic carbocycles. The first-order valence-electron chi connectivity index (χ1n) is 20.4. The number of hydrogen-bond acceptors (Lipinski definition) is 16. The van der Waals surface area contributed by atoms with Gasteiger partial charge in [0, 0.05) is 32.8 Å². The minimum atomic E-state index is -1.50. The Balaban J connectivity index is 1.98. The van der Waals surface area contributed by atoms with Crippen LogP contribution in [0.4, 0.5) is 0 Å². The number of cyclic esters (lactones) is 1. The predicted octanol–water partition coefficient (Wildman–Crippen LogP) is 2.87. The van der Waals surface area contributed by atoms with Crippen LogP contribution in [0.3, 0.4) is 0 Å². The van der Waals surface area contributed by atoms with Gasteiger partial charge in [-0.15, -0.1) is 0 Å². The van der Waals surface area contributed by atoms with Crippen LogP contribution in [0.25, 0.3) is 0 Å². The Bertz CT molecular complexity index is 1390. The van der Waals surface area contributed by atoms with E-state index in [1.54, 1.807) is 71.0 Å². The zero-order valence-corrected chi connectivity index (χ0v) is 36.1. The van der Waals surface area contributed by atoms with E-state index in [0.717, 1.165) is 0 Å². The third kappa shape index (κ3) is 13.6. The molecule has 0 aromatic carbocycles. The molecule has 2 fully saturated rings. The number of methoxy groups -OCH3 is 2. The second kappa shape index (κ2) is 22.7. The van der Waals surface area contributed by atoms with Crippen molar-refractivity contribution in [2.75, 3.05) is 28.3 Å². The summed E-state index contributed by atoms with van der Waals surface area (Å²) in [5.74, 6) is -4.22. The third-order valence-corrected chi connectivity index (χ3v) is 11.2. The molecule has 3 heterocycles. The molecule has 2 saturated heterocycles. The third-order valence-electron chi connectivity index (χ3n) is 11.2. The van der Waals surface area contributed by atoms with Crippen molar-refractivity contribution >= 4 is 24.2 Å². The molecule has 0 bridgehead atoms. The summed E-state index contributed by atoms with van der Waals surface area (Å²) in [6, 6.07) is -0.789. The fraction of sp³-hybridized carbons (Fsp3) is 0.810. The van der Waals surface area contributed by atoms with Crippen LogP contribution in [-0.4, -0.2) is 152 Å². The SMILES string of the molecule is COC(=O)[C@@H]1CC(=O)O[C@H](C)CC=CC=C[C@H](O)[C@H](C)C[C@H](CC=O)[C@H](OC2O[C@H](C)[C@@H](OC3C[C@@](C)(O)[C@@H](OC(=O)CC(C)C)[C@H](C)O3)[C@H](N(C)C)[C@H]2O)[C@H]1OC. The van der Waals surface area contributed by atoms with E-state index in [4.69, 9.17) is 37.9 Å². The van der Waals surface area contributed by atoms with E-state index in [2.05, 4.69) is 0 Å². The molecule has 16 atom stereocenters. The lowest BCUT2D eigenvalue weighted by Gasteiger charge is -2.50. The second-order valence-electron chi connectivity index (χ2n) is 16.9. The van der Waals surface area contributed by atoms with Gasteiger partial charge in [-0.05, 0) is 66.0 Å². The zero-order valence-electron chi connectivity index (χ0n) is 36.1. The number of esters is 3. The Hall–Kier alpha value is -2.80. The number of aliphatic hydroxyl groups excluding tert-OH is 2. The van der Waals surface area contributed by atoms with Gasteiger partial charge in [0.15, 0.2) is 18.7 Å². The first kappa shape index (κ1) is 49.6. The summed E-state index contributed by atoms with van der Waals surface area (Å²) in [5.41, 5.74) is -1.50. The molecule has 3 rings (SSSR count). The number of carbonyl (C=O) groups is 4. The standard InChI is InChI=1S/C42H69NO15/c1-23(2)19-31(46)56-39-27(6)54-33(22-42(39,7)50)57-36-26(5)55-41(35(48)34(36)43(8)9)58-37-28(17-18-44)20-24(3)30(45)16-14-12-13-15-25(4)53-32(47)21-29(38(37)51-10)40(49)52-11/h12-14,16,18,23-30,33-39,41,45,48,50H,15,17,19-22H2,1-11H3/t24-,25-,26-,27+,28+,29-,30+,33?,34-,35-,36-,37+,38+,39+,41?,42-/m1/s1. The fourth-order valence-electron chi connectivity index (χ4n) is 8.17. The number of likely N-dealkylation sites (N-methyl/N-ethyl adjacent to an activating group) is 1. The van der Waals surface area contributed by atoms with Crippen LogP contribution in [0.1, 0.15) is 87.0 Å². The number of rotatable bonds is 12. The highest BCUT2D eigenvalue weighted by atomic mass is 16.7. The molecule has 0 aromatic heterocycles. The van der Waals surface area contributed by atoms with Crippen molar-refractivity contribution in [1.82, 2.24) is 4.90 Å². The molecule has 3 aliphatic rings. The van der Waals surface area contributed by atoms with Crippen LogP contribution in [0.15, 0.2) is 24.3 Å². The van der Waals surface area contributed by atoms with Gasteiger partial charge in [-0.1, -0.05) is 45.1 Å². The van der Waals surface area contributed by atoms with E-state index in [1.165, 1.54) is 14.2 Å². The lowest BCUT2D eigenvalue weighted by molar-refractivity contribution is -0.343. The van der Waals surface area contributed by atoms with E-state index in [0.29, 0.717) is 12.7 Å². The minimum Gasteiger partial charge on any atom is -0.469 e. The normalized spacial score (nSPS) is 39.6. The van der Waals surface area contributed by atoms with Gasteiger partial charge in [-0.2, -0.15) is 0 Å². The topological polar surface area (TPSA) is 206 Å². The molecule has 0 amide bonds. The van der Waals surface area contributed by atoms with Gasteiger partial charge >= 0.3 is 17.9 Å². The van der Waals surface area contributed by atoms with Gasteiger partial charge in [-0.3, -0.25) is 14.4 Å². The molecule has 0 spiro atoms. The number of hydrogen-bond donors (Lipinski definition) is 3. The van der Waals surface area contributed by atoms with Crippen LogP contribution in [0.2, 0.25) is 0 Å². The summed E-state index contributed by atoms with van der Waals surface area (Å²) in [6.45, 7) is 12.3. The van der Waals surface area contributed by atoms with E-state index >= 15 is 0 Å².